The second kappa shape index (κ2) is 5.93. The lowest BCUT2D eigenvalue weighted by Crippen LogP contribution is -2.49. The highest BCUT2D eigenvalue weighted by atomic mass is 35.5. The van der Waals surface area contributed by atoms with Crippen LogP contribution in [-0.2, 0) is 13.2 Å². The lowest BCUT2D eigenvalue weighted by Gasteiger charge is -2.23. The molecule has 2 rings (SSSR count). The van der Waals surface area contributed by atoms with E-state index in [-0.39, 0.29) is 15.7 Å². The number of anilines is 1. The Morgan fingerprint density at radius 2 is 1.78 bits per heavy atom. The van der Waals surface area contributed by atoms with Crippen molar-refractivity contribution in [3.63, 3.8) is 0 Å². The van der Waals surface area contributed by atoms with E-state index in [1.807, 2.05) is 0 Å². The molecule has 0 N–H and O–H groups in total. The molecule has 0 aliphatic rings. The molecule has 0 radical (unpaired) electrons. The summed E-state index contributed by atoms with van der Waals surface area (Å²) in [6.07, 6.45) is -4.82. The van der Waals surface area contributed by atoms with E-state index in [4.69, 9.17) is 23.2 Å². The van der Waals surface area contributed by atoms with E-state index < -0.39 is 23.1 Å². The molecule has 0 unspecified atom stereocenters. The molecule has 1 aromatic carbocycles. The largest absolute Gasteiger partial charge is 0.431 e. The quantitative estimate of drug-likeness (QED) is 0.819. The fraction of sp³-hybridized carbons (Fsp3) is 0.231. The van der Waals surface area contributed by atoms with Crippen LogP contribution in [0.4, 0.5) is 18.9 Å². The molecule has 124 valence electrons. The summed E-state index contributed by atoms with van der Waals surface area (Å²) in [7, 11) is 2.24. The van der Waals surface area contributed by atoms with Gasteiger partial charge in [0.25, 0.3) is 5.56 Å². The minimum Gasteiger partial charge on any atom is -0.291 e. The molecule has 0 amide bonds. The Morgan fingerprint density at radius 1 is 1.17 bits per heavy atom. The summed E-state index contributed by atoms with van der Waals surface area (Å²) in [4.78, 5) is 24.2. The standard InChI is InChI=1S/C13H10Cl2F3N3O2/c1-19-9(13(16,17)18)6-10(22)21(12(19)23)20(2)8-5-3-4-7(14)11(8)15/h3-6H,1-2H3. The van der Waals surface area contributed by atoms with Gasteiger partial charge < -0.3 is 0 Å². The van der Waals surface area contributed by atoms with E-state index in [1.54, 1.807) is 0 Å². The first-order valence-electron chi connectivity index (χ1n) is 6.14. The van der Waals surface area contributed by atoms with Gasteiger partial charge in [-0.15, -0.1) is 0 Å². The van der Waals surface area contributed by atoms with Gasteiger partial charge in [0.1, 0.15) is 5.69 Å². The van der Waals surface area contributed by atoms with Crippen LogP contribution in [0.5, 0.6) is 0 Å². The Bertz CT molecular complexity index is 874. The molecule has 2 aromatic rings. The molecule has 1 heterocycles. The first-order valence-corrected chi connectivity index (χ1v) is 6.89. The summed E-state index contributed by atoms with van der Waals surface area (Å²) in [6, 6.07) is 4.84. The van der Waals surface area contributed by atoms with E-state index in [0.29, 0.717) is 15.3 Å². The summed E-state index contributed by atoms with van der Waals surface area (Å²) in [5.41, 5.74) is -3.45. The lowest BCUT2D eigenvalue weighted by molar-refractivity contribution is -0.144. The van der Waals surface area contributed by atoms with Crippen molar-refractivity contribution >= 4 is 28.9 Å². The van der Waals surface area contributed by atoms with Crippen molar-refractivity contribution in [2.75, 3.05) is 12.1 Å². The summed E-state index contributed by atoms with van der Waals surface area (Å²) in [5, 5.41) is 1.28. The Kier molecular flexibility index (Phi) is 4.50. The van der Waals surface area contributed by atoms with Crippen LogP contribution in [0.1, 0.15) is 5.69 Å². The molecular formula is C13H10Cl2F3N3O2. The average molecular weight is 368 g/mol. The summed E-state index contributed by atoms with van der Waals surface area (Å²) in [6.45, 7) is 0. The second-order valence-corrected chi connectivity index (χ2v) is 5.40. The van der Waals surface area contributed by atoms with Crippen molar-refractivity contribution in [3.05, 3.63) is 60.8 Å². The zero-order valence-electron chi connectivity index (χ0n) is 11.9. The highest BCUT2D eigenvalue weighted by Crippen LogP contribution is 2.31. The Morgan fingerprint density at radius 3 is 2.35 bits per heavy atom. The molecule has 23 heavy (non-hydrogen) atoms. The number of rotatable bonds is 2. The number of aromatic nitrogens is 2. The molecule has 1 aromatic heterocycles. The van der Waals surface area contributed by atoms with Crippen LogP contribution < -0.4 is 16.3 Å². The number of nitrogens with zero attached hydrogens (tertiary/aromatic N) is 3. The third-order valence-corrected chi connectivity index (χ3v) is 3.98. The number of hydrogen-bond donors (Lipinski definition) is 0. The van der Waals surface area contributed by atoms with E-state index in [1.165, 1.54) is 25.2 Å². The molecule has 0 saturated carbocycles. The maximum absolute atomic E-state index is 12.8. The smallest absolute Gasteiger partial charge is 0.291 e. The first-order chi connectivity index (χ1) is 10.6. The Hall–Kier alpha value is -1.93. The summed E-state index contributed by atoms with van der Waals surface area (Å²) >= 11 is 11.9. The topological polar surface area (TPSA) is 47.2 Å². The third kappa shape index (κ3) is 3.09. The van der Waals surface area contributed by atoms with Gasteiger partial charge in [-0.2, -0.15) is 17.8 Å². The van der Waals surface area contributed by atoms with Gasteiger partial charge in [-0.3, -0.25) is 14.4 Å². The molecule has 0 fully saturated rings. The maximum Gasteiger partial charge on any atom is 0.431 e. The second-order valence-electron chi connectivity index (χ2n) is 4.62. The Labute approximate surface area is 138 Å². The number of hydrogen-bond acceptors (Lipinski definition) is 3. The highest BCUT2D eigenvalue weighted by molar-refractivity contribution is 6.43. The molecule has 0 saturated heterocycles. The molecule has 0 spiro atoms. The molecular weight excluding hydrogens is 358 g/mol. The lowest BCUT2D eigenvalue weighted by atomic mass is 10.3. The molecule has 5 nitrogen and oxygen atoms in total. The van der Waals surface area contributed by atoms with Gasteiger partial charge in [0, 0.05) is 20.2 Å². The van der Waals surface area contributed by atoms with Crippen molar-refractivity contribution in [3.8, 4) is 0 Å². The minimum atomic E-state index is -4.82. The van der Waals surface area contributed by atoms with E-state index >= 15 is 0 Å². The molecule has 0 aliphatic heterocycles. The predicted molar refractivity (Wildman–Crippen MR) is 81.2 cm³/mol. The summed E-state index contributed by atoms with van der Waals surface area (Å²) < 4.78 is 39.3. The van der Waals surface area contributed by atoms with Crippen LogP contribution >= 0.6 is 23.2 Å². The molecule has 0 bridgehead atoms. The number of benzene rings is 1. The monoisotopic (exact) mass is 367 g/mol. The van der Waals surface area contributed by atoms with Crippen molar-refractivity contribution in [1.82, 2.24) is 9.24 Å². The minimum absolute atomic E-state index is 0.0607. The van der Waals surface area contributed by atoms with Gasteiger partial charge in [0.05, 0.1) is 15.7 Å². The van der Waals surface area contributed by atoms with E-state index in [9.17, 15) is 22.8 Å². The van der Waals surface area contributed by atoms with Gasteiger partial charge in [-0.1, -0.05) is 29.3 Å². The predicted octanol–water partition coefficient (Wildman–Crippen LogP) is 2.77. The van der Waals surface area contributed by atoms with E-state index in [2.05, 4.69) is 0 Å². The summed E-state index contributed by atoms with van der Waals surface area (Å²) in [5.74, 6) is 0. The van der Waals surface area contributed by atoms with Crippen molar-refractivity contribution in [2.45, 2.75) is 6.18 Å². The van der Waals surface area contributed by atoms with Gasteiger partial charge in [-0.25, -0.2) is 4.79 Å². The van der Waals surface area contributed by atoms with Crippen LogP contribution in [0.15, 0.2) is 33.9 Å². The van der Waals surface area contributed by atoms with Crippen molar-refractivity contribution in [2.24, 2.45) is 7.05 Å². The fourth-order valence-corrected chi connectivity index (χ4v) is 2.43. The van der Waals surface area contributed by atoms with Gasteiger partial charge >= 0.3 is 11.9 Å². The van der Waals surface area contributed by atoms with Gasteiger partial charge in [-0.05, 0) is 12.1 Å². The average Bonchev–Trinajstić information content (AvgIpc) is 2.44. The first kappa shape index (κ1) is 17.4. The highest BCUT2D eigenvalue weighted by Gasteiger charge is 2.35. The van der Waals surface area contributed by atoms with Crippen LogP contribution in [-0.4, -0.2) is 16.3 Å². The zero-order chi connectivity index (χ0) is 17.5. The Balaban J connectivity index is 2.70. The normalized spacial score (nSPS) is 11.6. The van der Waals surface area contributed by atoms with Crippen LogP contribution in [0, 0.1) is 0 Å². The number of halogens is 5. The van der Waals surface area contributed by atoms with Gasteiger partial charge in [0.2, 0.25) is 0 Å². The van der Waals surface area contributed by atoms with Gasteiger partial charge in [0.15, 0.2) is 0 Å². The maximum atomic E-state index is 12.8. The van der Waals surface area contributed by atoms with Crippen molar-refractivity contribution in [1.29, 1.82) is 0 Å². The zero-order valence-corrected chi connectivity index (χ0v) is 13.4. The fourth-order valence-electron chi connectivity index (χ4n) is 2.01. The SMILES string of the molecule is CN(c1cccc(Cl)c1Cl)n1c(=O)cc(C(F)(F)F)n(C)c1=O. The molecule has 0 aliphatic carbocycles. The third-order valence-electron chi connectivity index (χ3n) is 3.17. The van der Waals surface area contributed by atoms with Crippen LogP contribution in [0.2, 0.25) is 10.0 Å². The van der Waals surface area contributed by atoms with Crippen LogP contribution in [0.3, 0.4) is 0 Å². The molecule has 10 heteroatoms. The van der Waals surface area contributed by atoms with Crippen molar-refractivity contribution < 1.29 is 13.2 Å². The number of alkyl halides is 3. The van der Waals surface area contributed by atoms with E-state index in [0.717, 1.165) is 12.1 Å². The molecule has 0 atom stereocenters. The van der Waals surface area contributed by atoms with Crippen LogP contribution in [0.25, 0.3) is 0 Å².